The summed E-state index contributed by atoms with van der Waals surface area (Å²) in [4.78, 5) is 39.5. The maximum absolute atomic E-state index is 16.0. The van der Waals surface area contributed by atoms with Gasteiger partial charge in [-0.05, 0) is 233 Å². The van der Waals surface area contributed by atoms with E-state index in [9.17, 15) is 0 Å². The zero-order valence-corrected chi connectivity index (χ0v) is 86.3. The number of hydrogen-bond donors (Lipinski definition) is 0. The van der Waals surface area contributed by atoms with E-state index in [4.69, 9.17) is 18.6 Å². The highest BCUT2D eigenvalue weighted by molar-refractivity contribution is 7.16. The minimum absolute atomic E-state index is 0.0488. The van der Waals surface area contributed by atoms with E-state index in [1.54, 1.807) is 16.9 Å². The molecule has 128 heavy (non-hydrogen) atoms. The Balaban J connectivity index is 0.000000285. The number of carbonyl (C=O) groups excluding carboxylic acids is 2. The van der Waals surface area contributed by atoms with Crippen LogP contribution < -0.4 is 10.9 Å². The number of nitrogens with zero attached hydrogens (tertiary/aromatic N) is 2. The molecule has 0 radical (unpaired) electrons. The number of rotatable bonds is 57. The van der Waals surface area contributed by atoms with Gasteiger partial charge in [-0.2, -0.15) is 0 Å². The van der Waals surface area contributed by atoms with Crippen molar-refractivity contribution in [1.82, 2.24) is 9.80 Å². The van der Waals surface area contributed by atoms with Crippen molar-refractivity contribution in [3.05, 3.63) is 152 Å². The SMILES string of the molecule is CCCCC(CC)CC1(CC(CC)CCCC)c2cc(B3OC(C)(C)C(C)(C)O3)ccc2-c2ccc(B3OC(C)(C)C(C)(C)O3)cc21.CCCCCCCCC(CCCCCC)CN1C(=O)C2=C(c3ccc(-c4ccc5c(c4)C(CC(CC)CCCC)(CC(CC)CCCC)c4ccccc4-5)s3)N(CC(CCCCCC)CCCCCCCC)C(=O)C2=C1c1cccs1. The number of hydrogen-bond acceptors (Lipinski definition) is 8. The van der Waals surface area contributed by atoms with Gasteiger partial charge in [-0.3, -0.25) is 9.59 Å². The zero-order chi connectivity index (χ0) is 91.8. The zero-order valence-electron chi connectivity index (χ0n) is 84.7. The van der Waals surface area contributed by atoms with Gasteiger partial charge in [0, 0.05) is 28.8 Å². The van der Waals surface area contributed by atoms with Crippen LogP contribution in [0.1, 0.15) is 453 Å². The van der Waals surface area contributed by atoms with E-state index in [0.717, 1.165) is 70.6 Å². The molecule has 6 atom stereocenters. The number of amides is 2. The molecule has 0 bridgehead atoms. The van der Waals surface area contributed by atoms with Crippen molar-refractivity contribution in [1.29, 1.82) is 0 Å². The molecule has 0 saturated carbocycles. The Morgan fingerprint density at radius 2 is 0.633 bits per heavy atom. The van der Waals surface area contributed by atoms with Crippen LogP contribution in [0.5, 0.6) is 0 Å². The predicted molar refractivity (Wildman–Crippen MR) is 554 cm³/mol. The van der Waals surface area contributed by atoms with E-state index >= 15 is 9.59 Å². The summed E-state index contributed by atoms with van der Waals surface area (Å²) in [5.41, 5.74) is 16.6. The number of unbranched alkanes of at least 4 members (excludes halogenated alkanes) is 20. The summed E-state index contributed by atoms with van der Waals surface area (Å²) in [5.74, 6) is 3.51. The Labute approximate surface area is 790 Å². The van der Waals surface area contributed by atoms with Gasteiger partial charge < -0.3 is 28.4 Å². The molecule has 0 N–H and O–H groups in total. The molecule has 0 spiro atoms. The van der Waals surface area contributed by atoms with E-state index in [1.165, 1.54) is 293 Å². The van der Waals surface area contributed by atoms with E-state index < -0.39 is 0 Å². The molecule has 4 aliphatic heterocycles. The van der Waals surface area contributed by atoms with Gasteiger partial charge in [-0.15, -0.1) is 22.7 Å². The van der Waals surface area contributed by atoms with Crippen LogP contribution in [0.4, 0.5) is 0 Å². The molecule has 12 rings (SSSR count). The lowest BCUT2D eigenvalue weighted by Crippen LogP contribution is -2.41. The van der Waals surface area contributed by atoms with Gasteiger partial charge >= 0.3 is 14.2 Å². The van der Waals surface area contributed by atoms with Gasteiger partial charge in [-0.25, -0.2) is 0 Å². The van der Waals surface area contributed by atoms with E-state index in [2.05, 4.69) is 257 Å². The van der Waals surface area contributed by atoms with E-state index in [1.807, 2.05) is 11.3 Å². The second-order valence-corrected chi connectivity index (χ2v) is 44.7. The first kappa shape index (κ1) is 103. The highest BCUT2D eigenvalue weighted by atomic mass is 32.1. The fraction of sp³-hybridized carbons (Fsp3) is 0.672. The summed E-state index contributed by atoms with van der Waals surface area (Å²) >= 11 is 3.50. The standard InChI is InChI=1S/C75H112N2O2S2.C41H64B2O4/c1-9-17-23-27-29-33-42-59(40-31-25-19-11-3)55-76-71(67-46-37-51-80-67)69-70(74(76)79)72(77(73(69)78)56-60(41-32-26-20-12-4)43-34-30-28-24-18-10-2)68-50-49-66(81-68)61-47-48-63-62-44-35-36-45-64(62)75(65(63)52-61,53-57(15-7)38-21-13-5)54-58(16-8)39-22-14-6;1-13-17-19-29(15-3)27-41(28-30(16-4)20-18-14-2)35-25-31(42-44-37(5,6)38(7,8)45-42)21-23-33(35)34-24-22-32(26-36(34)41)43-46-39(9,10)40(11,12)47-43/h35-37,44-52,57-60H,9-34,38-43,53-56H2,1-8H3;21-26,29-30H,13-20,27-28H2,1-12H3. The van der Waals surface area contributed by atoms with Crippen molar-refractivity contribution in [2.45, 2.75) is 454 Å². The van der Waals surface area contributed by atoms with Crippen LogP contribution in [-0.4, -0.2) is 71.3 Å². The Bertz CT molecular complexity index is 4350. The monoisotopic (exact) mass is 1780 g/mol. The number of thiophene rings is 2. The fourth-order valence-electron chi connectivity index (χ4n) is 22.8. The lowest BCUT2D eigenvalue weighted by Gasteiger charge is -2.39. The summed E-state index contributed by atoms with van der Waals surface area (Å²) in [6.45, 7) is 46.8. The van der Waals surface area contributed by atoms with Crippen molar-refractivity contribution < 1.29 is 28.2 Å². The number of benzene rings is 4. The summed E-state index contributed by atoms with van der Waals surface area (Å²) in [7, 11) is -0.757. The maximum Gasteiger partial charge on any atom is 0.494 e. The quantitative estimate of drug-likeness (QED) is 0.0280. The van der Waals surface area contributed by atoms with Crippen molar-refractivity contribution >= 4 is 71.0 Å². The third-order valence-electron chi connectivity index (χ3n) is 32.3. The lowest BCUT2D eigenvalue weighted by molar-refractivity contribution is -0.124. The highest BCUT2D eigenvalue weighted by Crippen LogP contribution is 2.60. The van der Waals surface area contributed by atoms with Crippen molar-refractivity contribution in [2.75, 3.05) is 13.1 Å². The van der Waals surface area contributed by atoms with Crippen LogP contribution in [0.2, 0.25) is 0 Å². The van der Waals surface area contributed by atoms with Crippen LogP contribution in [0.3, 0.4) is 0 Å². The first-order valence-electron chi connectivity index (χ1n) is 53.3. The van der Waals surface area contributed by atoms with Crippen LogP contribution in [0.25, 0.3) is 44.1 Å². The molecule has 2 saturated heterocycles. The Kier molecular flexibility index (Phi) is 39.3. The minimum Gasteiger partial charge on any atom is -0.399 e. The average molecular weight is 1780 g/mol. The molecule has 6 aromatic rings. The van der Waals surface area contributed by atoms with Gasteiger partial charge in [0.25, 0.3) is 11.8 Å². The second kappa shape index (κ2) is 48.7. The molecule has 2 aliphatic carbocycles. The van der Waals surface area contributed by atoms with Gasteiger partial charge in [0.1, 0.15) is 0 Å². The third-order valence-corrected chi connectivity index (χ3v) is 34.3. The second-order valence-electron chi connectivity index (χ2n) is 42.7. The summed E-state index contributed by atoms with van der Waals surface area (Å²) in [6.07, 6.45) is 54.4. The molecule has 2 aromatic heterocycles. The molecule has 6 heterocycles. The molecule has 12 heteroatoms. The smallest absolute Gasteiger partial charge is 0.399 e. The molecule has 8 nitrogen and oxygen atoms in total. The Morgan fingerprint density at radius 1 is 0.312 bits per heavy atom. The summed E-state index contributed by atoms with van der Waals surface area (Å²) < 4.78 is 26.5. The van der Waals surface area contributed by atoms with E-state index in [0.29, 0.717) is 59.7 Å². The predicted octanol–water partition coefficient (Wildman–Crippen LogP) is 33.2. The molecule has 6 aliphatic rings. The number of fused-ring (bicyclic) bond motifs is 7. The minimum atomic E-state index is -0.380. The first-order valence-corrected chi connectivity index (χ1v) is 55.0. The summed E-state index contributed by atoms with van der Waals surface area (Å²) in [6, 6.07) is 40.0. The molecule has 4 aromatic carbocycles. The Hall–Kier alpha value is -5.33. The van der Waals surface area contributed by atoms with Gasteiger partial charge in [-0.1, -0.05) is 393 Å². The van der Waals surface area contributed by atoms with E-state index in [-0.39, 0.29) is 59.3 Å². The fourth-order valence-corrected chi connectivity index (χ4v) is 24.6. The molecule has 2 amide bonds. The maximum atomic E-state index is 16.0. The van der Waals surface area contributed by atoms with Crippen molar-refractivity contribution in [2.24, 2.45) is 35.5 Å². The number of carbonyl (C=O) groups is 2. The average Bonchev–Trinajstić information content (AvgIpc) is 1.56. The van der Waals surface area contributed by atoms with Crippen LogP contribution in [-0.2, 0) is 39.0 Å². The Morgan fingerprint density at radius 3 is 1.01 bits per heavy atom. The van der Waals surface area contributed by atoms with Gasteiger partial charge in [0.15, 0.2) is 0 Å². The molecule has 6 unspecified atom stereocenters. The highest BCUT2D eigenvalue weighted by Gasteiger charge is 2.56. The molecular formula is C116H176B2N2O6S2. The topological polar surface area (TPSA) is 77.5 Å². The summed E-state index contributed by atoms with van der Waals surface area (Å²) in [5, 5.41) is 2.13. The normalized spacial score (nSPS) is 19.4. The third kappa shape index (κ3) is 24.3. The molecule has 704 valence electrons. The largest absolute Gasteiger partial charge is 0.494 e. The van der Waals surface area contributed by atoms with Gasteiger partial charge in [0.05, 0.1) is 54.7 Å². The first-order chi connectivity index (χ1) is 61.8. The molecular weight excluding hydrogens is 1600 g/mol. The molecule has 2 fully saturated rings. The van der Waals surface area contributed by atoms with Gasteiger partial charge in [0.2, 0.25) is 0 Å². The lowest BCUT2D eigenvalue weighted by atomic mass is 9.63. The van der Waals surface area contributed by atoms with Crippen LogP contribution >= 0.6 is 22.7 Å². The van der Waals surface area contributed by atoms with Crippen LogP contribution in [0.15, 0.2) is 120 Å². The van der Waals surface area contributed by atoms with Crippen molar-refractivity contribution in [3.8, 4) is 32.7 Å². The van der Waals surface area contributed by atoms with Crippen LogP contribution in [0, 0.1) is 35.5 Å². The van der Waals surface area contributed by atoms with Crippen molar-refractivity contribution in [3.63, 3.8) is 0 Å².